The Kier molecular flexibility index (Phi) is 8.62. The van der Waals surface area contributed by atoms with Crippen molar-refractivity contribution in [1.82, 2.24) is 9.80 Å². The monoisotopic (exact) mass is 418 g/mol. The van der Waals surface area contributed by atoms with Crippen LogP contribution in [0.4, 0.5) is 5.69 Å². The number of piperazine rings is 1. The van der Waals surface area contributed by atoms with E-state index in [2.05, 4.69) is 35.2 Å². The van der Waals surface area contributed by atoms with Crippen molar-refractivity contribution < 1.29 is 9.59 Å². The van der Waals surface area contributed by atoms with Gasteiger partial charge in [0.2, 0.25) is 11.8 Å². The van der Waals surface area contributed by atoms with E-state index in [0.717, 1.165) is 31.7 Å². The molecule has 0 unspecified atom stereocenters. The summed E-state index contributed by atoms with van der Waals surface area (Å²) in [6.45, 7) is 4.48. The second kappa shape index (κ2) is 11.9. The Labute approximate surface area is 184 Å². The van der Waals surface area contributed by atoms with Crippen LogP contribution >= 0.6 is 0 Å². The maximum atomic E-state index is 12.7. The highest BCUT2D eigenvalue weighted by molar-refractivity contribution is 5.95. The number of hydrogen-bond acceptors (Lipinski definition) is 4. The largest absolute Gasteiger partial charge is 0.340 e. The summed E-state index contributed by atoms with van der Waals surface area (Å²) in [6.07, 6.45) is 1.65. The molecule has 2 aromatic rings. The van der Waals surface area contributed by atoms with Crippen molar-refractivity contribution >= 4 is 17.5 Å². The van der Waals surface area contributed by atoms with Crippen molar-refractivity contribution in [3.05, 3.63) is 66.2 Å². The van der Waals surface area contributed by atoms with Gasteiger partial charge in [-0.2, -0.15) is 5.26 Å². The van der Waals surface area contributed by atoms with Gasteiger partial charge in [-0.3, -0.25) is 14.5 Å². The number of nitriles is 1. The van der Waals surface area contributed by atoms with E-state index in [0.29, 0.717) is 19.6 Å². The molecule has 0 aromatic heterocycles. The highest BCUT2D eigenvalue weighted by Gasteiger charge is 2.23. The Morgan fingerprint density at radius 2 is 1.55 bits per heavy atom. The summed E-state index contributed by atoms with van der Waals surface area (Å²) < 4.78 is 0. The molecule has 1 aliphatic heterocycles. The molecule has 2 aromatic carbocycles. The van der Waals surface area contributed by atoms with Crippen LogP contribution in [0, 0.1) is 11.3 Å². The van der Waals surface area contributed by atoms with Gasteiger partial charge in [-0.25, -0.2) is 0 Å². The Bertz CT molecular complexity index is 871. The molecule has 3 rings (SSSR count). The van der Waals surface area contributed by atoms with E-state index in [1.165, 1.54) is 5.56 Å². The van der Waals surface area contributed by atoms with Crippen LogP contribution in [0.1, 0.15) is 24.8 Å². The van der Waals surface area contributed by atoms with Gasteiger partial charge in [0.05, 0.1) is 12.5 Å². The lowest BCUT2D eigenvalue weighted by atomic mass is 10.1. The Balaban J connectivity index is 1.42. The van der Waals surface area contributed by atoms with E-state index in [1.54, 1.807) is 4.90 Å². The molecule has 0 spiro atoms. The van der Waals surface area contributed by atoms with Gasteiger partial charge in [-0.15, -0.1) is 0 Å². The molecule has 31 heavy (non-hydrogen) atoms. The lowest BCUT2D eigenvalue weighted by molar-refractivity contribution is -0.134. The van der Waals surface area contributed by atoms with Crippen LogP contribution in [0.15, 0.2) is 60.7 Å². The molecular formula is C25H30N4O2. The minimum atomic E-state index is -0.115. The maximum Gasteiger partial charge on any atom is 0.227 e. The number of carbonyl (C=O) groups is 2. The number of rotatable bonds is 9. The van der Waals surface area contributed by atoms with E-state index in [-0.39, 0.29) is 31.1 Å². The van der Waals surface area contributed by atoms with E-state index in [1.807, 2.05) is 41.3 Å². The van der Waals surface area contributed by atoms with Crippen LogP contribution < -0.4 is 4.90 Å². The molecule has 0 saturated carbocycles. The first-order chi connectivity index (χ1) is 15.2. The number of carbonyl (C=O) groups excluding carboxylic acids is 2. The fraction of sp³-hybridized carbons (Fsp3) is 0.400. The smallest absolute Gasteiger partial charge is 0.227 e. The third-order valence-electron chi connectivity index (χ3n) is 5.65. The van der Waals surface area contributed by atoms with E-state index < -0.39 is 0 Å². The molecule has 0 radical (unpaired) electrons. The Morgan fingerprint density at radius 3 is 2.19 bits per heavy atom. The van der Waals surface area contributed by atoms with Gasteiger partial charge in [0.1, 0.15) is 0 Å². The van der Waals surface area contributed by atoms with Crippen LogP contribution in [-0.4, -0.2) is 60.9 Å². The highest BCUT2D eigenvalue weighted by Crippen LogP contribution is 2.16. The van der Waals surface area contributed by atoms with E-state index in [4.69, 9.17) is 5.26 Å². The second-order valence-corrected chi connectivity index (χ2v) is 7.75. The first kappa shape index (κ1) is 22.5. The quantitative estimate of drug-likeness (QED) is 0.628. The lowest BCUT2D eigenvalue weighted by Crippen LogP contribution is -2.49. The van der Waals surface area contributed by atoms with Crippen molar-refractivity contribution in [2.24, 2.45) is 0 Å². The summed E-state index contributed by atoms with van der Waals surface area (Å²) in [5.41, 5.74) is 2.10. The normalized spacial score (nSPS) is 14.1. The molecule has 1 aliphatic rings. The standard InChI is InChI=1S/C25H30N4O2/c26-15-7-16-29(23-10-5-2-6-11-23)25(31)13-12-24(30)28-20-18-27(19-21-28)17-14-22-8-3-1-4-9-22/h1-6,8-11H,7,12-14,16-21H2. The van der Waals surface area contributed by atoms with Gasteiger partial charge in [-0.1, -0.05) is 48.5 Å². The third kappa shape index (κ3) is 6.94. The number of anilines is 1. The topological polar surface area (TPSA) is 67.6 Å². The van der Waals surface area contributed by atoms with Gasteiger partial charge in [-0.05, 0) is 24.1 Å². The molecular weight excluding hydrogens is 388 g/mol. The van der Waals surface area contributed by atoms with Crippen LogP contribution in [-0.2, 0) is 16.0 Å². The van der Waals surface area contributed by atoms with Crippen molar-refractivity contribution in [1.29, 1.82) is 5.26 Å². The Hall–Kier alpha value is -3.17. The number of nitrogens with zero attached hydrogens (tertiary/aromatic N) is 4. The zero-order valence-corrected chi connectivity index (χ0v) is 17.9. The van der Waals surface area contributed by atoms with Crippen LogP contribution in [0.2, 0.25) is 0 Å². The summed E-state index contributed by atoms with van der Waals surface area (Å²) in [5.74, 6) is -0.0827. The average molecular weight is 419 g/mol. The summed E-state index contributed by atoms with van der Waals surface area (Å²) >= 11 is 0. The fourth-order valence-electron chi connectivity index (χ4n) is 3.83. The molecule has 0 atom stereocenters. The minimum Gasteiger partial charge on any atom is -0.340 e. The lowest BCUT2D eigenvalue weighted by Gasteiger charge is -2.35. The molecule has 1 saturated heterocycles. The second-order valence-electron chi connectivity index (χ2n) is 7.75. The number of amides is 2. The summed E-state index contributed by atoms with van der Waals surface area (Å²) in [4.78, 5) is 31.3. The number of para-hydroxylation sites is 1. The maximum absolute atomic E-state index is 12.7. The number of hydrogen-bond donors (Lipinski definition) is 0. The van der Waals surface area contributed by atoms with Crippen LogP contribution in [0.5, 0.6) is 0 Å². The van der Waals surface area contributed by atoms with Gasteiger partial charge in [0.25, 0.3) is 0 Å². The third-order valence-corrected chi connectivity index (χ3v) is 5.65. The van der Waals surface area contributed by atoms with Gasteiger partial charge in [0.15, 0.2) is 0 Å². The van der Waals surface area contributed by atoms with E-state index in [9.17, 15) is 9.59 Å². The first-order valence-corrected chi connectivity index (χ1v) is 10.9. The van der Waals surface area contributed by atoms with Gasteiger partial charge < -0.3 is 9.80 Å². The zero-order valence-electron chi connectivity index (χ0n) is 17.9. The van der Waals surface area contributed by atoms with Gasteiger partial charge >= 0.3 is 0 Å². The fourth-order valence-corrected chi connectivity index (χ4v) is 3.83. The molecule has 6 heteroatoms. The first-order valence-electron chi connectivity index (χ1n) is 10.9. The van der Waals surface area contributed by atoms with E-state index >= 15 is 0 Å². The minimum absolute atomic E-state index is 0.0318. The summed E-state index contributed by atoms with van der Waals surface area (Å²) in [6, 6.07) is 21.9. The molecule has 1 heterocycles. The number of benzene rings is 2. The average Bonchev–Trinajstić information content (AvgIpc) is 2.83. The predicted molar refractivity (Wildman–Crippen MR) is 121 cm³/mol. The molecule has 162 valence electrons. The summed E-state index contributed by atoms with van der Waals surface area (Å²) in [5, 5.41) is 8.90. The molecule has 2 amide bonds. The highest BCUT2D eigenvalue weighted by atomic mass is 16.2. The zero-order chi connectivity index (χ0) is 21.9. The Morgan fingerprint density at radius 1 is 0.903 bits per heavy atom. The molecule has 0 N–H and O–H groups in total. The van der Waals surface area contributed by atoms with Crippen LogP contribution in [0.25, 0.3) is 0 Å². The summed E-state index contributed by atoms with van der Waals surface area (Å²) in [7, 11) is 0. The van der Waals surface area contributed by atoms with Crippen LogP contribution in [0.3, 0.4) is 0 Å². The molecule has 1 fully saturated rings. The molecule has 0 aliphatic carbocycles. The van der Waals surface area contributed by atoms with Crippen molar-refractivity contribution in [2.75, 3.05) is 44.2 Å². The van der Waals surface area contributed by atoms with Gasteiger partial charge in [0, 0.05) is 57.8 Å². The predicted octanol–water partition coefficient (Wildman–Crippen LogP) is 3.10. The molecule has 0 bridgehead atoms. The van der Waals surface area contributed by atoms with Crippen molar-refractivity contribution in [3.63, 3.8) is 0 Å². The SMILES string of the molecule is N#CCCN(C(=O)CCC(=O)N1CCN(CCc2ccccc2)CC1)c1ccccc1. The molecule has 6 nitrogen and oxygen atoms in total. The van der Waals surface area contributed by atoms with Crippen molar-refractivity contribution in [2.45, 2.75) is 25.7 Å². The van der Waals surface area contributed by atoms with Crippen molar-refractivity contribution in [3.8, 4) is 6.07 Å².